The molecule has 1 aliphatic heterocycles. The summed E-state index contributed by atoms with van der Waals surface area (Å²) in [6, 6.07) is 11.6. The van der Waals surface area contributed by atoms with E-state index in [-0.39, 0.29) is 10.9 Å². The molecule has 0 radical (unpaired) electrons. The number of rotatable bonds is 3. The lowest BCUT2D eigenvalue weighted by atomic mass is 10.1. The summed E-state index contributed by atoms with van der Waals surface area (Å²) in [5.41, 5.74) is 2.71. The van der Waals surface area contributed by atoms with E-state index in [0.717, 1.165) is 11.1 Å². The van der Waals surface area contributed by atoms with Crippen LogP contribution < -0.4 is 10.0 Å². The molecule has 2 aromatic rings. The van der Waals surface area contributed by atoms with Crippen LogP contribution in [0.3, 0.4) is 0 Å². The van der Waals surface area contributed by atoms with E-state index in [4.69, 9.17) is 0 Å². The number of hydrogen-bond donors (Lipinski definition) is 2. The predicted molar refractivity (Wildman–Crippen MR) is 88.9 cm³/mol. The SMILES string of the molecule is Cc1ccc(S(=O)(=O)Nc2cccc3c2NC(=O)N(C)C3)cc1. The average molecular weight is 331 g/mol. The Morgan fingerprint density at radius 3 is 2.52 bits per heavy atom. The van der Waals surface area contributed by atoms with Gasteiger partial charge in [-0.05, 0) is 30.7 Å². The number of para-hydroxylation sites is 1. The number of carbonyl (C=O) groups is 1. The van der Waals surface area contributed by atoms with Crippen molar-refractivity contribution in [2.75, 3.05) is 17.1 Å². The van der Waals surface area contributed by atoms with Crippen LogP contribution in [0.1, 0.15) is 11.1 Å². The van der Waals surface area contributed by atoms with Crippen molar-refractivity contribution in [2.45, 2.75) is 18.4 Å². The van der Waals surface area contributed by atoms with Gasteiger partial charge in [0.25, 0.3) is 10.0 Å². The van der Waals surface area contributed by atoms with Crippen molar-refractivity contribution < 1.29 is 13.2 Å². The average Bonchev–Trinajstić information content (AvgIpc) is 2.49. The van der Waals surface area contributed by atoms with E-state index in [9.17, 15) is 13.2 Å². The Labute approximate surface area is 135 Å². The highest BCUT2D eigenvalue weighted by atomic mass is 32.2. The molecule has 0 atom stereocenters. The Balaban J connectivity index is 1.96. The predicted octanol–water partition coefficient (Wildman–Crippen LogP) is 2.77. The van der Waals surface area contributed by atoms with E-state index in [1.54, 1.807) is 43.4 Å². The highest BCUT2D eigenvalue weighted by Gasteiger charge is 2.24. The monoisotopic (exact) mass is 331 g/mol. The topological polar surface area (TPSA) is 78.5 Å². The fourth-order valence-corrected chi connectivity index (χ4v) is 3.49. The molecule has 0 aliphatic carbocycles. The Kier molecular flexibility index (Phi) is 3.73. The van der Waals surface area contributed by atoms with Crippen LogP contribution >= 0.6 is 0 Å². The molecule has 2 amide bonds. The molecule has 0 spiro atoms. The molecule has 0 bridgehead atoms. The van der Waals surface area contributed by atoms with Crippen molar-refractivity contribution in [3.63, 3.8) is 0 Å². The van der Waals surface area contributed by atoms with Gasteiger partial charge in [0, 0.05) is 13.6 Å². The Morgan fingerprint density at radius 2 is 1.83 bits per heavy atom. The van der Waals surface area contributed by atoms with Crippen LogP contribution in [-0.2, 0) is 16.6 Å². The standard InChI is InChI=1S/C16H17N3O3S/c1-11-6-8-13(9-7-11)23(21,22)18-14-5-3-4-12-10-19(2)16(20)17-15(12)14/h3-9,18H,10H2,1-2H3,(H,17,20). The first-order valence-electron chi connectivity index (χ1n) is 7.10. The second-order valence-electron chi connectivity index (χ2n) is 5.54. The molecule has 0 saturated carbocycles. The van der Waals surface area contributed by atoms with Gasteiger partial charge in [-0.25, -0.2) is 13.2 Å². The summed E-state index contributed by atoms with van der Waals surface area (Å²) < 4.78 is 27.6. The molecule has 6 nitrogen and oxygen atoms in total. The lowest BCUT2D eigenvalue weighted by Gasteiger charge is -2.27. The van der Waals surface area contributed by atoms with Crippen molar-refractivity contribution in [2.24, 2.45) is 0 Å². The molecule has 1 heterocycles. The van der Waals surface area contributed by atoms with Gasteiger partial charge in [0.15, 0.2) is 0 Å². The second kappa shape index (κ2) is 5.58. The Bertz CT molecular complexity index is 861. The number of nitrogens with one attached hydrogen (secondary N) is 2. The smallest absolute Gasteiger partial charge is 0.321 e. The van der Waals surface area contributed by atoms with Gasteiger partial charge < -0.3 is 10.2 Å². The van der Waals surface area contributed by atoms with Crippen LogP contribution in [0, 0.1) is 6.92 Å². The third-order valence-corrected chi connectivity index (χ3v) is 5.09. The van der Waals surface area contributed by atoms with Crippen molar-refractivity contribution in [1.82, 2.24) is 4.90 Å². The normalized spacial score (nSPS) is 14.2. The first-order chi connectivity index (χ1) is 10.9. The lowest BCUT2D eigenvalue weighted by molar-refractivity contribution is 0.218. The van der Waals surface area contributed by atoms with Crippen LogP contribution in [0.25, 0.3) is 0 Å². The molecule has 0 unspecified atom stereocenters. The van der Waals surface area contributed by atoms with Crippen LogP contribution in [0.5, 0.6) is 0 Å². The number of aryl methyl sites for hydroxylation is 1. The highest BCUT2D eigenvalue weighted by molar-refractivity contribution is 7.92. The molecule has 0 saturated heterocycles. The summed E-state index contributed by atoms with van der Waals surface area (Å²) in [4.78, 5) is 13.5. The molecule has 2 aromatic carbocycles. The maximum absolute atomic E-state index is 12.5. The zero-order chi connectivity index (χ0) is 16.6. The summed E-state index contributed by atoms with van der Waals surface area (Å²) in [5, 5.41) is 2.72. The molecule has 0 fully saturated rings. The summed E-state index contributed by atoms with van der Waals surface area (Å²) in [6.45, 7) is 2.32. The first kappa shape index (κ1) is 15.4. The fourth-order valence-electron chi connectivity index (χ4n) is 2.42. The summed E-state index contributed by atoms with van der Waals surface area (Å²) in [5.74, 6) is 0. The zero-order valence-electron chi connectivity index (χ0n) is 12.8. The fraction of sp³-hybridized carbons (Fsp3) is 0.188. The first-order valence-corrected chi connectivity index (χ1v) is 8.58. The summed E-state index contributed by atoms with van der Waals surface area (Å²) in [6.07, 6.45) is 0. The van der Waals surface area contributed by atoms with E-state index >= 15 is 0 Å². The number of nitrogens with zero attached hydrogens (tertiary/aromatic N) is 1. The third kappa shape index (κ3) is 3.00. The van der Waals surface area contributed by atoms with Crippen molar-refractivity contribution in [3.8, 4) is 0 Å². The van der Waals surface area contributed by atoms with Gasteiger partial charge in [-0.2, -0.15) is 0 Å². The molecule has 3 rings (SSSR count). The maximum atomic E-state index is 12.5. The number of hydrogen-bond acceptors (Lipinski definition) is 3. The molecular weight excluding hydrogens is 314 g/mol. The summed E-state index contributed by atoms with van der Waals surface area (Å²) >= 11 is 0. The minimum atomic E-state index is -3.71. The van der Waals surface area contributed by atoms with Gasteiger partial charge in [0.05, 0.1) is 16.3 Å². The van der Waals surface area contributed by atoms with Gasteiger partial charge in [-0.1, -0.05) is 29.8 Å². The van der Waals surface area contributed by atoms with Crippen LogP contribution in [0.2, 0.25) is 0 Å². The Morgan fingerprint density at radius 1 is 1.13 bits per heavy atom. The van der Waals surface area contributed by atoms with Crippen molar-refractivity contribution in [1.29, 1.82) is 0 Å². The van der Waals surface area contributed by atoms with E-state index in [0.29, 0.717) is 17.9 Å². The third-order valence-electron chi connectivity index (χ3n) is 3.71. The number of benzene rings is 2. The van der Waals surface area contributed by atoms with Crippen molar-refractivity contribution >= 4 is 27.4 Å². The Hall–Kier alpha value is -2.54. The molecule has 2 N–H and O–H groups in total. The van der Waals surface area contributed by atoms with Crippen LogP contribution in [0.4, 0.5) is 16.2 Å². The van der Waals surface area contributed by atoms with Gasteiger partial charge >= 0.3 is 6.03 Å². The highest BCUT2D eigenvalue weighted by Crippen LogP contribution is 2.32. The molecular formula is C16H17N3O3S. The number of carbonyl (C=O) groups excluding carboxylic acids is 1. The second-order valence-corrected chi connectivity index (χ2v) is 7.23. The van der Waals surface area contributed by atoms with E-state index in [1.165, 1.54) is 4.90 Å². The minimum absolute atomic E-state index is 0.181. The van der Waals surface area contributed by atoms with Gasteiger partial charge in [0.1, 0.15) is 0 Å². The van der Waals surface area contributed by atoms with E-state index in [1.807, 2.05) is 13.0 Å². The van der Waals surface area contributed by atoms with E-state index < -0.39 is 10.0 Å². The largest absolute Gasteiger partial charge is 0.323 e. The van der Waals surface area contributed by atoms with Gasteiger partial charge in [0.2, 0.25) is 0 Å². The van der Waals surface area contributed by atoms with Crippen LogP contribution in [0.15, 0.2) is 47.4 Å². The quantitative estimate of drug-likeness (QED) is 0.908. The summed E-state index contributed by atoms with van der Waals surface area (Å²) in [7, 11) is -2.03. The molecule has 7 heteroatoms. The van der Waals surface area contributed by atoms with E-state index in [2.05, 4.69) is 10.0 Å². The van der Waals surface area contributed by atoms with Gasteiger partial charge in [-0.15, -0.1) is 0 Å². The maximum Gasteiger partial charge on any atom is 0.321 e. The number of sulfonamides is 1. The minimum Gasteiger partial charge on any atom is -0.323 e. The number of amides is 2. The van der Waals surface area contributed by atoms with Gasteiger partial charge in [-0.3, -0.25) is 4.72 Å². The molecule has 120 valence electrons. The molecule has 23 heavy (non-hydrogen) atoms. The van der Waals surface area contributed by atoms with Crippen LogP contribution in [-0.4, -0.2) is 26.4 Å². The number of urea groups is 1. The molecule has 0 aromatic heterocycles. The zero-order valence-corrected chi connectivity index (χ0v) is 13.6. The number of fused-ring (bicyclic) bond motifs is 1. The van der Waals surface area contributed by atoms with Crippen molar-refractivity contribution in [3.05, 3.63) is 53.6 Å². The number of anilines is 2. The lowest BCUT2D eigenvalue weighted by Crippen LogP contribution is -2.36. The molecule has 1 aliphatic rings.